The molecule has 1 heterocycles. The lowest BCUT2D eigenvalue weighted by Crippen LogP contribution is -2.02. The van der Waals surface area contributed by atoms with Gasteiger partial charge in [-0.2, -0.15) is 0 Å². The third-order valence-corrected chi connectivity index (χ3v) is 3.27. The highest BCUT2D eigenvalue weighted by molar-refractivity contribution is 7.10. The number of benzene rings is 1. The largest absolute Gasteiger partial charge is 0.487 e. The number of aromatic nitrogens is 2. The molecular formula is C11H11Cl2N3OS. The summed E-state index contributed by atoms with van der Waals surface area (Å²) in [7, 11) is 0. The first kappa shape index (κ1) is 13.4. The lowest BCUT2D eigenvalue weighted by molar-refractivity contribution is 0.302. The fraction of sp³-hybridized carbons (Fsp3) is 0.273. The van der Waals surface area contributed by atoms with Crippen molar-refractivity contribution in [2.45, 2.75) is 13.5 Å². The zero-order valence-corrected chi connectivity index (χ0v) is 11.9. The molecule has 1 N–H and O–H groups in total. The minimum atomic E-state index is 0.329. The number of nitrogens with zero attached hydrogens (tertiary/aromatic N) is 2. The van der Waals surface area contributed by atoms with E-state index in [1.54, 1.807) is 18.2 Å². The average Bonchev–Trinajstić information content (AvgIpc) is 2.73. The van der Waals surface area contributed by atoms with Crippen LogP contribution in [-0.2, 0) is 6.61 Å². The van der Waals surface area contributed by atoms with Crippen LogP contribution in [0.15, 0.2) is 18.2 Å². The van der Waals surface area contributed by atoms with Crippen LogP contribution >= 0.6 is 34.7 Å². The summed E-state index contributed by atoms with van der Waals surface area (Å²) in [6.07, 6.45) is 0. The van der Waals surface area contributed by atoms with Crippen molar-refractivity contribution >= 4 is 39.7 Å². The minimum Gasteiger partial charge on any atom is -0.487 e. The molecule has 0 saturated carbocycles. The van der Waals surface area contributed by atoms with Gasteiger partial charge in [0, 0.05) is 28.1 Å². The van der Waals surface area contributed by atoms with Crippen molar-refractivity contribution in [3.05, 3.63) is 33.9 Å². The van der Waals surface area contributed by atoms with Gasteiger partial charge < -0.3 is 10.1 Å². The van der Waals surface area contributed by atoms with Crippen LogP contribution in [-0.4, -0.2) is 16.1 Å². The Morgan fingerprint density at radius 3 is 2.67 bits per heavy atom. The molecule has 0 amide bonds. The van der Waals surface area contributed by atoms with Crippen molar-refractivity contribution in [1.82, 2.24) is 9.59 Å². The molecule has 1 aromatic carbocycles. The summed E-state index contributed by atoms with van der Waals surface area (Å²) in [5, 5.41) is 9.19. The smallest absolute Gasteiger partial charge is 0.136 e. The monoisotopic (exact) mass is 303 g/mol. The maximum atomic E-state index is 5.89. The quantitative estimate of drug-likeness (QED) is 0.911. The van der Waals surface area contributed by atoms with Crippen LogP contribution in [0.2, 0.25) is 10.0 Å². The molecule has 0 saturated heterocycles. The summed E-state index contributed by atoms with van der Waals surface area (Å²) in [6, 6.07) is 5.07. The van der Waals surface area contributed by atoms with Crippen LogP contribution in [0.3, 0.4) is 0 Å². The van der Waals surface area contributed by atoms with Crippen LogP contribution < -0.4 is 10.1 Å². The second-order valence-corrected chi connectivity index (χ2v) is 5.10. The topological polar surface area (TPSA) is 47.0 Å². The average molecular weight is 304 g/mol. The highest BCUT2D eigenvalue weighted by atomic mass is 35.5. The van der Waals surface area contributed by atoms with E-state index in [2.05, 4.69) is 14.9 Å². The van der Waals surface area contributed by atoms with Gasteiger partial charge in [0.1, 0.15) is 23.1 Å². The Hall–Kier alpha value is -1.04. The summed E-state index contributed by atoms with van der Waals surface area (Å²) in [5.41, 5.74) is 0.776. The van der Waals surface area contributed by atoms with Gasteiger partial charge in [-0.3, -0.25) is 0 Å². The number of anilines is 1. The van der Waals surface area contributed by atoms with Gasteiger partial charge >= 0.3 is 0 Å². The molecule has 0 aliphatic rings. The lowest BCUT2D eigenvalue weighted by atomic mass is 10.3. The van der Waals surface area contributed by atoms with E-state index >= 15 is 0 Å². The second-order valence-electron chi connectivity index (χ2n) is 3.47. The normalized spacial score (nSPS) is 10.4. The van der Waals surface area contributed by atoms with Crippen LogP contribution in [0, 0.1) is 0 Å². The molecule has 0 fully saturated rings. The number of hydrogen-bond donors (Lipinski definition) is 1. The lowest BCUT2D eigenvalue weighted by Gasteiger charge is -2.06. The molecule has 0 radical (unpaired) electrons. The van der Waals surface area contributed by atoms with E-state index in [0.717, 1.165) is 17.2 Å². The van der Waals surface area contributed by atoms with E-state index in [1.165, 1.54) is 11.5 Å². The standard InChI is InChI=1S/C11H11Cl2N3OS/c1-2-14-11-10(15-16-18-11)6-17-9-4-7(12)3-8(13)5-9/h3-5,14H,2,6H2,1H3. The Morgan fingerprint density at radius 1 is 1.28 bits per heavy atom. The molecule has 2 aromatic rings. The highest BCUT2D eigenvalue weighted by Gasteiger charge is 2.08. The number of ether oxygens (including phenoxy) is 1. The Morgan fingerprint density at radius 2 is 2.00 bits per heavy atom. The summed E-state index contributed by atoms with van der Waals surface area (Å²) >= 11 is 13.1. The molecule has 1 aromatic heterocycles. The van der Waals surface area contributed by atoms with Gasteiger partial charge in [-0.15, -0.1) is 5.10 Å². The summed E-state index contributed by atoms with van der Waals surface area (Å²) in [5.74, 6) is 0.614. The van der Waals surface area contributed by atoms with Gasteiger partial charge in [0.25, 0.3) is 0 Å². The van der Waals surface area contributed by atoms with E-state index in [0.29, 0.717) is 22.4 Å². The third-order valence-electron chi connectivity index (χ3n) is 2.10. The van der Waals surface area contributed by atoms with Crippen LogP contribution in [0.4, 0.5) is 5.00 Å². The van der Waals surface area contributed by atoms with Gasteiger partial charge in [0.15, 0.2) is 0 Å². The Labute approximate surface area is 119 Å². The van der Waals surface area contributed by atoms with Gasteiger partial charge in [-0.05, 0) is 25.1 Å². The molecule has 0 aliphatic carbocycles. The van der Waals surface area contributed by atoms with Crippen LogP contribution in [0.1, 0.15) is 12.6 Å². The summed E-state index contributed by atoms with van der Waals surface area (Å²) in [4.78, 5) is 0. The fourth-order valence-corrected chi connectivity index (χ4v) is 2.50. The van der Waals surface area contributed by atoms with Gasteiger partial charge in [-0.1, -0.05) is 27.7 Å². The van der Waals surface area contributed by atoms with Crippen molar-refractivity contribution < 1.29 is 4.74 Å². The predicted molar refractivity (Wildman–Crippen MR) is 74.9 cm³/mol. The molecule has 0 aliphatic heterocycles. The summed E-state index contributed by atoms with van der Waals surface area (Å²) in [6.45, 7) is 3.16. The van der Waals surface area contributed by atoms with Gasteiger partial charge in [0.05, 0.1) is 0 Å². The van der Waals surface area contributed by atoms with Crippen molar-refractivity contribution in [1.29, 1.82) is 0 Å². The van der Waals surface area contributed by atoms with E-state index in [4.69, 9.17) is 27.9 Å². The third kappa shape index (κ3) is 3.48. The number of nitrogens with one attached hydrogen (secondary N) is 1. The zero-order valence-electron chi connectivity index (χ0n) is 9.61. The molecule has 0 atom stereocenters. The second kappa shape index (κ2) is 6.22. The van der Waals surface area contributed by atoms with Crippen molar-refractivity contribution in [2.24, 2.45) is 0 Å². The molecule has 4 nitrogen and oxygen atoms in total. The van der Waals surface area contributed by atoms with Crippen molar-refractivity contribution in [3.63, 3.8) is 0 Å². The number of halogens is 2. The van der Waals surface area contributed by atoms with Gasteiger partial charge in [0.2, 0.25) is 0 Å². The summed E-state index contributed by atoms with van der Waals surface area (Å²) < 4.78 is 9.48. The zero-order chi connectivity index (χ0) is 13.0. The first-order chi connectivity index (χ1) is 8.69. The Kier molecular flexibility index (Phi) is 4.63. The van der Waals surface area contributed by atoms with E-state index in [-0.39, 0.29) is 0 Å². The number of hydrogen-bond acceptors (Lipinski definition) is 5. The van der Waals surface area contributed by atoms with E-state index in [1.807, 2.05) is 6.92 Å². The van der Waals surface area contributed by atoms with Crippen LogP contribution in [0.25, 0.3) is 0 Å². The maximum Gasteiger partial charge on any atom is 0.136 e. The number of rotatable bonds is 5. The first-order valence-corrected chi connectivity index (χ1v) is 6.86. The van der Waals surface area contributed by atoms with Gasteiger partial charge in [-0.25, -0.2) is 0 Å². The molecule has 18 heavy (non-hydrogen) atoms. The van der Waals surface area contributed by atoms with Crippen LogP contribution in [0.5, 0.6) is 5.75 Å². The Balaban J connectivity index is 2.04. The Bertz CT molecular complexity index is 513. The molecule has 0 spiro atoms. The van der Waals surface area contributed by atoms with Crippen molar-refractivity contribution in [2.75, 3.05) is 11.9 Å². The molecular weight excluding hydrogens is 293 g/mol. The molecule has 0 bridgehead atoms. The highest BCUT2D eigenvalue weighted by Crippen LogP contribution is 2.26. The van der Waals surface area contributed by atoms with E-state index in [9.17, 15) is 0 Å². The minimum absolute atomic E-state index is 0.329. The SMILES string of the molecule is CCNc1snnc1COc1cc(Cl)cc(Cl)c1. The molecule has 7 heteroatoms. The predicted octanol–water partition coefficient (Wildman–Crippen LogP) is 3.86. The molecule has 2 rings (SSSR count). The first-order valence-electron chi connectivity index (χ1n) is 5.33. The van der Waals surface area contributed by atoms with E-state index < -0.39 is 0 Å². The molecule has 96 valence electrons. The fourth-order valence-electron chi connectivity index (χ4n) is 1.36. The van der Waals surface area contributed by atoms with Crippen molar-refractivity contribution in [3.8, 4) is 5.75 Å². The maximum absolute atomic E-state index is 5.89. The molecule has 0 unspecified atom stereocenters.